The van der Waals surface area contributed by atoms with Gasteiger partial charge in [0.2, 0.25) is 0 Å². The number of amides is 1. The van der Waals surface area contributed by atoms with Crippen LogP contribution in [-0.2, 0) is 6.54 Å². The molecule has 1 amide bonds. The Hall–Kier alpha value is -4.65. The van der Waals surface area contributed by atoms with Crippen LogP contribution in [0.15, 0.2) is 54.9 Å². The van der Waals surface area contributed by atoms with Crippen LogP contribution in [0.3, 0.4) is 0 Å². The predicted octanol–water partition coefficient (Wildman–Crippen LogP) is 4.37. The van der Waals surface area contributed by atoms with Gasteiger partial charge in [0.05, 0.1) is 42.2 Å². The van der Waals surface area contributed by atoms with Gasteiger partial charge in [-0.1, -0.05) is 17.4 Å². The topological polar surface area (TPSA) is 151 Å². The van der Waals surface area contributed by atoms with Crippen molar-refractivity contribution in [1.29, 1.82) is 0 Å². The van der Waals surface area contributed by atoms with E-state index in [0.29, 0.717) is 27.3 Å². The highest BCUT2D eigenvalue weighted by atomic mass is 32.1. The lowest BCUT2D eigenvalue weighted by Crippen LogP contribution is -2.30. The van der Waals surface area contributed by atoms with Crippen molar-refractivity contribution < 1.29 is 24.1 Å². The molecule has 2 heterocycles. The minimum absolute atomic E-state index is 0.00756. The van der Waals surface area contributed by atoms with Crippen LogP contribution in [0, 0.1) is 20.2 Å². The Labute approximate surface area is 201 Å². The zero-order valence-electron chi connectivity index (χ0n) is 18.4. The van der Waals surface area contributed by atoms with Gasteiger partial charge in [0.25, 0.3) is 17.3 Å². The van der Waals surface area contributed by atoms with Crippen LogP contribution >= 0.6 is 11.3 Å². The highest BCUT2D eigenvalue weighted by Gasteiger charge is 2.27. The second kappa shape index (κ2) is 9.69. The van der Waals surface area contributed by atoms with Crippen LogP contribution in [0.5, 0.6) is 11.5 Å². The summed E-state index contributed by atoms with van der Waals surface area (Å²) in [7, 11) is 2.99. The SMILES string of the molecule is COc1ccc(OC)c2sc(N(Cc3cccnc3)C(=O)c3cc([N+](=O)[O-])cc([N+](=O)[O-])c3)nc12. The fraction of sp³-hybridized carbons (Fsp3) is 0.136. The molecule has 13 heteroatoms. The number of ether oxygens (including phenoxy) is 2. The van der Waals surface area contributed by atoms with E-state index in [1.54, 1.807) is 36.7 Å². The van der Waals surface area contributed by atoms with Crippen LogP contribution < -0.4 is 14.4 Å². The molecular weight excluding hydrogens is 478 g/mol. The van der Waals surface area contributed by atoms with Crippen molar-refractivity contribution in [3.8, 4) is 11.5 Å². The Balaban J connectivity index is 1.88. The van der Waals surface area contributed by atoms with Gasteiger partial charge in [-0.25, -0.2) is 4.98 Å². The maximum absolute atomic E-state index is 13.6. The van der Waals surface area contributed by atoms with E-state index in [1.165, 1.54) is 19.1 Å². The van der Waals surface area contributed by atoms with Crippen molar-refractivity contribution in [3.63, 3.8) is 0 Å². The number of pyridine rings is 1. The number of aromatic nitrogens is 2. The van der Waals surface area contributed by atoms with Crippen LogP contribution in [0.25, 0.3) is 10.2 Å². The molecule has 0 aliphatic carbocycles. The number of fused-ring (bicyclic) bond motifs is 1. The lowest BCUT2D eigenvalue weighted by atomic mass is 10.1. The van der Waals surface area contributed by atoms with Gasteiger partial charge in [0.15, 0.2) is 5.13 Å². The third kappa shape index (κ3) is 4.70. The number of hydrogen-bond acceptors (Lipinski definition) is 10. The number of thiazole rings is 1. The first-order valence-corrected chi connectivity index (χ1v) is 10.8. The number of non-ortho nitro benzene ring substituents is 2. The summed E-state index contributed by atoms with van der Waals surface area (Å²) >= 11 is 1.15. The van der Waals surface area contributed by atoms with Gasteiger partial charge in [0.1, 0.15) is 21.7 Å². The zero-order chi connectivity index (χ0) is 25.1. The summed E-state index contributed by atoms with van der Waals surface area (Å²) in [5.41, 5.74) is -0.263. The second-order valence-electron chi connectivity index (χ2n) is 7.15. The van der Waals surface area contributed by atoms with E-state index in [1.807, 2.05) is 0 Å². The monoisotopic (exact) mass is 495 g/mol. The fourth-order valence-corrected chi connectivity index (χ4v) is 4.45. The Kier molecular flexibility index (Phi) is 6.51. The molecule has 0 aliphatic heterocycles. The van der Waals surface area contributed by atoms with Crippen molar-refractivity contribution in [2.45, 2.75) is 6.54 Å². The number of benzene rings is 2. The van der Waals surface area contributed by atoms with E-state index < -0.39 is 27.1 Å². The summed E-state index contributed by atoms with van der Waals surface area (Å²) in [6.07, 6.45) is 3.14. The lowest BCUT2D eigenvalue weighted by molar-refractivity contribution is -0.394. The van der Waals surface area contributed by atoms with Gasteiger partial charge in [0, 0.05) is 24.5 Å². The highest BCUT2D eigenvalue weighted by molar-refractivity contribution is 7.22. The van der Waals surface area contributed by atoms with Crippen LogP contribution in [0.2, 0.25) is 0 Å². The number of anilines is 1. The average Bonchev–Trinajstić information content (AvgIpc) is 3.31. The number of methoxy groups -OCH3 is 2. The standard InChI is InChI=1S/C22H17N5O7S/c1-33-17-5-6-18(34-2)20-19(17)24-22(35-20)25(12-13-4-3-7-23-11-13)21(28)14-8-15(26(29)30)10-16(9-14)27(31)32/h3-11H,12H2,1-2H3. The lowest BCUT2D eigenvalue weighted by Gasteiger charge is -2.20. The molecule has 178 valence electrons. The molecule has 12 nitrogen and oxygen atoms in total. The Morgan fingerprint density at radius 1 is 1.03 bits per heavy atom. The van der Waals surface area contributed by atoms with Crippen molar-refractivity contribution in [2.75, 3.05) is 19.1 Å². The minimum atomic E-state index is -0.789. The predicted molar refractivity (Wildman–Crippen MR) is 127 cm³/mol. The van der Waals surface area contributed by atoms with Gasteiger partial charge in [-0.05, 0) is 23.8 Å². The number of carbonyl (C=O) groups is 1. The molecule has 0 spiro atoms. The van der Waals surface area contributed by atoms with Crippen molar-refractivity contribution in [1.82, 2.24) is 9.97 Å². The smallest absolute Gasteiger partial charge is 0.277 e. The minimum Gasteiger partial charge on any atom is -0.495 e. The third-order valence-corrected chi connectivity index (χ3v) is 6.10. The molecule has 2 aromatic carbocycles. The molecule has 0 N–H and O–H groups in total. The van der Waals surface area contributed by atoms with Crippen LogP contribution in [0.4, 0.5) is 16.5 Å². The van der Waals surface area contributed by atoms with Gasteiger partial charge in [-0.15, -0.1) is 0 Å². The number of rotatable bonds is 8. The van der Waals surface area contributed by atoms with E-state index in [0.717, 1.165) is 29.5 Å². The first kappa shape index (κ1) is 23.5. The Bertz CT molecular complexity index is 1370. The molecule has 35 heavy (non-hydrogen) atoms. The highest BCUT2D eigenvalue weighted by Crippen LogP contribution is 2.41. The number of nitro benzene ring substituents is 2. The molecule has 4 rings (SSSR count). The first-order chi connectivity index (χ1) is 16.8. The summed E-state index contributed by atoms with van der Waals surface area (Å²) < 4.78 is 11.4. The Morgan fingerprint density at radius 3 is 2.26 bits per heavy atom. The molecule has 4 aromatic rings. The molecule has 0 unspecified atom stereocenters. The van der Waals surface area contributed by atoms with Gasteiger partial charge in [-0.2, -0.15) is 0 Å². The van der Waals surface area contributed by atoms with Gasteiger partial charge < -0.3 is 9.47 Å². The third-order valence-electron chi connectivity index (χ3n) is 5.01. The zero-order valence-corrected chi connectivity index (χ0v) is 19.2. The maximum Gasteiger partial charge on any atom is 0.277 e. The van der Waals surface area contributed by atoms with Gasteiger partial charge in [-0.3, -0.25) is 34.9 Å². The second-order valence-corrected chi connectivity index (χ2v) is 8.13. The quantitative estimate of drug-likeness (QED) is 0.256. The molecule has 0 saturated heterocycles. The number of nitro groups is 2. The number of nitrogens with zero attached hydrogens (tertiary/aromatic N) is 5. The van der Waals surface area contributed by atoms with E-state index in [9.17, 15) is 25.0 Å². The normalized spacial score (nSPS) is 10.7. The molecule has 0 aliphatic rings. The molecule has 0 radical (unpaired) electrons. The summed E-state index contributed by atoms with van der Waals surface area (Å²) in [4.78, 5) is 44.7. The molecule has 0 fully saturated rings. The number of hydrogen-bond donors (Lipinski definition) is 0. The first-order valence-electron chi connectivity index (χ1n) is 9.98. The number of carbonyl (C=O) groups excluding carboxylic acids is 1. The van der Waals surface area contributed by atoms with Crippen molar-refractivity contribution >= 4 is 44.0 Å². The molecular formula is C22H17N5O7S. The summed E-state index contributed by atoms with van der Waals surface area (Å²) in [5.74, 6) is 0.269. The molecule has 0 atom stereocenters. The Morgan fingerprint density at radius 2 is 1.69 bits per heavy atom. The summed E-state index contributed by atoms with van der Waals surface area (Å²) in [6.45, 7) is 0.00756. The summed E-state index contributed by atoms with van der Waals surface area (Å²) in [6, 6.07) is 9.64. The van der Waals surface area contributed by atoms with Gasteiger partial charge >= 0.3 is 0 Å². The van der Waals surface area contributed by atoms with E-state index in [-0.39, 0.29) is 17.2 Å². The molecule has 0 saturated carbocycles. The fourth-order valence-electron chi connectivity index (χ4n) is 3.38. The summed E-state index contributed by atoms with van der Waals surface area (Å²) in [5, 5.41) is 22.9. The molecule has 0 bridgehead atoms. The van der Waals surface area contributed by atoms with Crippen molar-refractivity contribution in [3.05, 3.63) is 86.2 Å². The van der Waals surface area contributed by atoms with Crippen LogP contribution in [-0.4, -0.2) is 39.9 Å². The van der Waals surface area contributed by atoms with E-state index >= 15 is 0 Å². The largest absolute Gasteiger partial charge is 0.495 e. The van der Waals surface area contributed by atoms with E-state index in [2.05, 4.69) is 9.97 Å². The van der Waals surface area contributed by atoms with Crippen LogP contribution in [0.1, 0.15) is 15.9 Å². The van der Waals surface area contributed by atoms with Crippen molar-refractivity contribution in [2.24, 2.45) is 0 Å². The average molecular weight is 495 g/mol. The maximum atomic E-state index is 13.6. The molecule has 2 aromatic heterocycles. The van der Waals surface area contributed by atoms with E-state index in [4.69, 9.17) is 9.47 Å².